The lowest BCUT2D eigenvalue weighted by atomic mass is 10.4. The Labute approximate surface area is 136 Å². The number of rotatable bonds is 5. The summed E-state index contributed by atoms with van der Waals surface area (Å²) in [6.07, 6.45) is 0. The average Bonchev–Trinajstić information content (AvgIpc) is 2.44. The van der Waals surface area contributed by atoms with Crippen LogP contribution in [0.5, 0.6) is 0 Å². The highest BCUT2D eigenvalue weighted by molar-refractivity contribution is 8.76. The Morgan fingerprint density at radius 2 is 0.864 bits per heavy atom. The van der Waals surface area contributed by atoms with Gasteiger partial charge in [0.15, 0.2) is 0 Å². The molecule has 2 aromatic carbocycles. The molecule has 4 N–H and O–H groups in total. The Hall–Kier alpha value is -1.04. The minimum absolute atomic E-state index is 0.0550. The third kappa shape index (κ3) is 4.73. The van der Waals surface area contributed by atoms with Crippen LogP contribution in [0.4, 0.5) is 0 Å². The molecule has 6 nitrogen and oxygen atoms in total. The molecule has 22 heavy (non-hydrogen) atoms. The highest BCUT2D eigenvalue weighted by Gasteiger charge is 2.08. The number of hydrogen-bond acceptors (Lipinski definition) is 6. The number of benzene rings is 2. The lowest BCUT2D eigenvalue weighted by molar-refractivity contribution is 0.596. The Morgan fingerprint density at radius 1 is 0.591 bits per heavy atom. The lowest BCUT2D eigenvalue weighted by Crippen LogP contribution is -2.11. The number of nitrogens with two attached hydrogens (primary N) is 2. The second kappa shape index (κ2) is 6.60. The first-order valence-electron chi connectivity index (χ1n) is 5.76. The van der Waals surface area contributed by atoms with Gasteiger partial charge in [-0.2, -0.15) is 0 Å². The van der Waals surface area contributed by atoms with E-state index in [4.69, 9.17) is 10.3 Å². The van der Waals surface area contributed by atoms with E-state index in [1.165, 1.54) is 45.9 Å². The van der Waals surface area contributed by atoms with Crippen molar-refractivity contribution in [2.45, 2.75) is 19.6 Å². The highest BCUT2D eigenvalue weighted by Crippen LogP contribution is 2.37. The molecular weight excluding hydrogens is 364 g/mol. The molecule has 0 aliphatic heterocycles. The fourth-order valence-electron chi connectivity index (χ4n) is 1.47. The summed E-state index contributed by atoms with van der Waals surface area (Å²) in [6.45, 7) is 0. The smallest absolute Gasteiger partial charge is 0.225 e. The molecule has 0 amide bonds. The van der Waals surface area contributed by atoms with Gasteiger partial charge in [0, 0.05) is 9.79 Å². The second-order valence-electron chi connectivity index (χ2n) is 4.20. The van der Waals surface area contributed by atoms with Gasteiger partial charge >= 0.3 is 0 Å². The molecule has 0 heterocycles. The van der Waals surface area contributed by atoms with Gasteiger partial charge < -0.3 is 0 Å². The van der Waals surface area contributed by atoms with Gasteiger partial charge in [-0.15, -0.1) is 0 Å². The first-order chi connectivity index (χ1) is 10.2. The van der Waals surface area contributed by atoms with Crippen molar-refractivity contribution in [3.8, 4) is 0 Å². The van der Waals surface area contributed by atoms with Crippen molar-refractivity contribution in [3.63, 3.8) is 0 Å². The van der Waals surface area contributed by atoms with E-state index in [1.54, 1.807) is 24.3 Å². The number of sulfonamides is 2. The highest BCUT2D eigenvalue weighted by atomic mass is 33.1. The predicted molar refractivity (Wildman–Crippen MR) is 87.3 cm³/mol. The Bertz CT molecular complexity index is 785. The summed E-state index contributed by atoms with van der Waals surface area (Å²) in [5, 5.41) is 10.0. The minimum Gasteiger partial charge on any atom is -0.225 e. The van der Waals surface area contributed by atoms with Gasteiger partial charge in [0.2, 0.25) is 20.0 Å². The van der Waals surface area contributed by atoms with Crippen LogP contribution < -0.4 is 10.3 Å². The SMILES string of the molecule is NS(=O)(=O)c1ccc(SSc2ccc(S(N)(=O)=O)cc2)cc1. The molecule has 0 aliphatic carbocycles. The first kappa shape index (κ1) is 17.3. The molecule has 0 bridgehead atoms. The van der Waals surface area contributed by atoms with Crippen molar-refractivity contribution in [2.75, 3.05) is 0 Å². The Kier molecular flexibility index (Phi) is 5.20. The van der Waals surface area contributed by atoms with Crippen LogP contribution in [0.1, 0.15) is 0 Å². The zero-order valence-electron chi connectivity index (χ0n) is 11.0. The molecule has 0 saturated carbocycles. The summed E-state index contributed by atoms with van der Waals surface area (Å²) < 4.78 is 44.6. The molecule has 0 atom stereocenters. The van der Waals surface area contributed by atoms with Crippen LogP contribution in [-0.4, -0.2) is 16.8 Å². The van der Waals surface area contributed by atoms with Crippen molar-refractivity contribution in [3.05, 3.63) is 48.5 Å². The summed E-state index contributed by atoms with van der Waals surface area (Å²) in [5.74, 6) is 0. The third-order valence-electron chi connectivity index (χ3n) is 2.54. The zero-order valence-corrected chi connectivity index (χ0v) is 14.3. The Morgan fingerprint density at radius 3 is 1.09 bits per heavy atom. The van der Waals surface area contributed by atoms with Crippen LogP contribution in [-0.2, 0) is 20.0 Å². The van der Waals surface area contributed by atoms with E-state index in [0.717, 1.165) is 9.79 Å². The number of primary sulfonamides is 2. The van der Waals surface area contributed by atoms with Crippen molar-refractivity contribution in [1.29, 1.82) is 0 Å². The molecule has 0 fully saturated rings. The van der Waals surface area contributed by atoms with Gasteiger partial charge in [-0.05, 0) is 48.5 Å². The molecule has 0 radical (unpaired) electrons. The third-order valence-corrected chi connectivity index (χ3v) is 6.81. The van der Waals surface area contributed by atoms with Crippen molar-refractivity contribution < 1.29 is 16.8 Å². The van der Waals surface area contributed by atoms with Gasteiger partial charge in [0.25, 0.3) is 0 Å². The number of hydrogen-bond donors (Lipinski definition) is 2. The predicted octanol–water partition coefficient (Wildman–Crippen LogP) is 1.78. The van der Waals surface area contributed by atoms with Crippen LogP contribution in [0.3, 0.4) is 0 Å². The largest absolute Gasteiger partial charge is 0.238 e. The molecule has 0 spiro atoms. The molecule has 0 aliphatic rings. The summed E-state index contributed by atoms with van der Waals surface area (Å²) in [5.41, 5.74) is 0. The topological polar surface area (TPSA) is 120 Å². The van der Waals surface area contributed by atoms with Crippen molar-refractivity contribution in [2.24, 2.45) is 10.3 Å². The average molecular weight is 377 g/mol. The molecule has 0 saturated heterocycles. The van der Waals surface area contributed by atoms with Gasteiger partial charge in [-0.25, -0.2) is 27.1 Å². The van der Waals surface area contributed by atoms with Gasteiger partial charge in [-0.3, -0.25) is 0 Å². The van der Waals surface area contributed by atoms with Gasteiger partial charge in [0.1, 0.15) is 0 Å². The molecule has 118 valence electrons. The van der Waals surface area contributed by atoms with E-state index >= 15 is 0 Å². The minimum atomic E-state index is -3.69. The quantitative estimate of drug-likeness (QED) is 0.767. The van der Waals surface area contributed by atoms with Crippen LogP contribution in [0.15, 0.2) is 68.1 Å². The summed E-state index contributed by atoms with van der Waals surface area (Å²) in [6, 6.07) is 12.3. The van der Waals surface area contributed by atoms with Crippen LogP contribution in [0.2, 0.25) is 0 Å². The van der Waals surface area contributed by atoms with Crippen LogP contribution >= 0.6 is 21.6 Å². The normalized spacial score (nSPS) is 12.3. The lowest BCUT2D eigenvalue weighted by Gasteiger charge is -2.04. The fraction of sp³-hybridized carbons (Fsp3) is 0. The molecule has 2 aromatic rings. The monoisotopic (exact) mass is 376 g/mol. The van der Waals surface area contributed by atoms with Crippen LogP contribution in [0, 0.1) is 0 Å². The molecule has 0 unspecified atom stereocenters. The second-order valence-corrected chi connectivity index (χ2v) is 9.60. The van der Waals surface area contributed by atoms with E-state index in [1.807, 2.05) is 0 Å². The van der Waals surface area contributed by atoms with Crippen molar-refractivity contribution in [1.82, 2.24) is 0 Å². The molecule has 10 heteroatoms. The summed E-state index contributed by atoms with van der Waals surface area (Å²) in [4.78, 5) is 1.79. The van der Waals surface area contributed by atoms with Crippen molar-refractivity contribution >= 4 is 41.6 Å². The van der Waals surface area contributed by atoms with E-state index in [9.17, 15) is 16.8 Å². The van der Waals surface area contributed by atoms with E-state index in [-0.39, 0.29) is 9.79 Å². The zero-order chi connectivity index (χ0) is 16.4. The van der Waals surface area contributed by atoms with Gasteiger partial charge in [-0.1, -0.05) is 21.6 Å². The van der Waals surface area contributed by atoms with Crippen LogP contribution in [0.25, 0.3) is 0 Å². The Balaban J connectivity index is 2.04. The maximum Gasteiger partial charge on any atom is 0.238 e. The maximum atomic E-state index is 11.1. The maximum absolute atomic E-state index is 11.1. The van der Waals surface area contributed by atoms with Gasteiger partial charge in [0.05, 0.1) is 9.79 Å². The standard InChI is InChI=1S/C12H12N2O4S4/c13-21(15,16)11-5-1-9(2-6-11)19-20-10-3-7-12(8-4-10)22(14,17)18/h1-8H,(H2,13,15,16)(H2,14,17,18). The molecule has 0 aromatic heterocycles. The fourth-order valence-corrected chi connectivity index (χ4v) is 4.43. The van der Waals surface area contributed by atoms with E-state index < -0.39 is 20.0 Å². The van der Waals surface area contributed by atoms with E-state index in [2.05, 4.69) is 0 Å². The first-order valence-corrected chi connectivity index (χ1v) is 11.0. The van der Waals surface area contributed by atoms with E-state index in [0.29, 0.717) is 0 Å². The molecule has 2 rings (SSSR count). The molecular formula is C12H12N2O4S4. The summed E-state index contributed by atoms with van der Waals surface area (Å²) in [7, 11) is -4.57. The summed E-state index contributed by atoms with van der Waals surface area (Å²) >= 11 is 0.